The van der Waals surface area contributed by atoms with Gasteiger partial charge in [0.15, 0.2) is 0 Å². The largest absolute Gasteiger partial charge is 0.490 e. The van der Waals surface area contributed by atoms with E-state index in [9.17, 15) is 4.79 Å². The SMILES string of the molecule is O=C(OC1CCCC1)/C1=C/C(OC2CCCC2)=C\C=C=CC1. The molecule has 3 nitrogen and oxygen atoms in total. The fraction of sp³-hybridized carbons (Fsp3) is 0.579. The van der Waals surface area contributed by atoms with E-state index in [-0.39, 0.29) is 18.2 Å². The summed E-state index contributed by atoms with van der Waals surface area (Å²) in [6.07, 6.45) is 17.4. The molecule has 0 unspecified atom stereocenters. The van der Waals surface area contributed by atoms with E-state index in [0.29, 0.717) is 12.0 Å². The summed E-state index contributed by atoms with van der Waals surface area (Å²) >= 11 is 0. The summed E-state index contributed by atoms with van der Waals surface area (Å²) in [5, 5.41) is 0. The average Bonchev–Trinajstić information content (AvgIpc) is 3.15. The zero-order chi connectivity index (χ0) is 15.2. The number of allylic oxidation sites excluding steroid dienone is 3. The van der Waals surface area contributed by atoms with Gasteiger partial charge in [0.05, 0.1) is 6.10 Å². The van der Waals surface area contributed by atoms with Gasteiger partial charge >= 0.3 is 5.97 Å². The Kier molecular flexibility index (Phi) is 5.18. The lowest BCUT2D eigenvalue weighted by Gasteiger charge is -2.16. The molecule has 0 bridgehead atoms. The van der Waals surface area contributed by atoms with Crippen molar-refractivity contribution in [2.75, 3.05) is 0 Å². The van der Waals surface area contributed by atoms with E-state index in [4.69, 9.17) is 9.47 Å². The molecule has 0 aromatic rings. The molecule has 0 amide bonds. The highest BCUT2D eigenvalue weighted by molar-refractivity contribution is 5.89. The number of rotatable bonds is 4. The minimum Gasteiger partial charge on any atom is -0.490 e. The highest BCUT2D eigenvalue weighted by Gasteiger charge is 2.22. The number of hydrogen-bond acceptors (Lipinski definition) is 3. The Hall–Kier alpha value is -1.73. The van der Waals surface area contributed by atoms with Crippen molar-refractivity contribution < 1.29 is 14.3 Å². The molecule has 22 heavy (non-hydrogen) atoms. The van der Waals surface area contributed by atoms with E-state index in [1.165, 1.54) is 12.8 Å². The molecule has 0 heterocycles. The van der Waals surface area contributed by atoms with Gasteiger partial charge in [0.25, 0.3) is 0 Å². The third kappa shape index (κ3) is 4.14. The van der Waals surface area contributed by atoms with Gasteiger partial charge in [-0.3, -0.25) is 0 Å². The van der Waals surface area contributed by atoms with Crippen molar-refractivity contribution in [1.29, 1.82) is 0 Å². The fourth-order valence-corrected chi connectivity index (χ4v) is 3.29. The van der Waals surface area contributed by atoms with Crippen molar-refractivity contribution in [3.63, 3.8) is 0 Å². The third-order valence-electron chi connectivity index (χ3n) is 4.54. The molecule has 0 N–H and O–H groups in total. The fourth-order valence-electron chi connectivity index (χ4n) is 3.29. The first-order valence-electron chi connectivity index (χ1n) is 8.51. The summed E-state index contributed by atoms with van der Waals surface area (Å²) in [5.41, 5.74) is 3.73. The number of carbonyl (C=O) groups is 1. The molecule has 3 rings (SSSR count). The van der Waals surface area contributed by atoms with Crippen LogP contribution in [0.15, 0.2) is 41.4 Å². The molecule has 3 aliphatic rings. The number of esters is 1. The van der Waals surface area contributed by atoms with Gasteiger partial charge in [-0.05, 0) is 75.7 Å². The second kappa shape index (κ2) is 7.51. The molecule has 0 radical (unpaired) electrons. The van der Waals surface area contributed by atoms with Crippen molar-refractivity contribution in [2.24, 2.45) is 0 Å². The smallest absolute Gasteiger partial charge is 0.334 e. The average molecular weight is 300 g/mol. The molecule has 3 aliphatic carbocycles. The van der Waals surface area contributed by atoms with Crippen LogP contribution in [0.5, 0.6) is 0 Å². The maximum atomic E-state index is 12.4. The third-order valence-corrected chi connectivity index (χ3v) is 4.54. The molecule has 2 saturated carbocycles. The Morgan fingerprint density at radius 3 is 2.45 bits per heavy atom. The Bertz CT molecular complexity index is 523. The van der Waals surface area contributed by atoms with E-state index in [1.54, 1.807) is 0 Å². The zero-order valence-electron chi connectivity index (χ0n) is 13.1. The minimum absolute atomic E-state index is 0.0987. The van der Waals surface area contributed by atoms with Crippen LogP contribution in [0.2, 0.25) is 0 Å². The lowest BCUT2D eigenvalue weighted by atomic mass is 10.1. The normalized spacial score (nSPS) is 27.6. The van der Waals surface area contributed by atoms with Crippen molar-refractivity contribution in [3.8, 4) is 0 Å². The van der Waals surface area contributed by atoms with E-state index in [1.807, 2.05) is 24.3 Å². The molecule has 2 fully saturated rings. The maximum Gasteiger partial charge on any atom is 0.334 e. The molecule has 0 aromatic carbocycles. The minimum atomic E-state index is -0.201. The van der Waals surface area contributed by atoms with Crippen molar-refractivity contribution in [3.05, 3.63) is 41.4 Å². The highest BCUT2D eigenvalue weighted by Crippen LogP contribution is 2.26. The van der Waals surface area contributed by atoms with Crippen LogP contribution in [0.25, 0.3) is 0 Å². The summed E-state index contributed by atoms with van der Waals surface area (Å²) in [6.45, 7) is 0. The van der Waals surface area contributed by atoms with Crippen LogP contribution in [0.4, 0.5) is 0 Å². The van der Waals surface area contributed by atoms with E-state index < -0.39 is 0 Å². The van der Waals surface area contributed by atoms with Crippen molar-refractivity contribution in [2.45, 2.75) is 70.0 Å². The molecule has 0 atom stereocenters. The number of ether oxygens (including phenoxy) is 2. The number of carbonyl (C=O) groups excluding carboxylic acids is 1. The molecule has 3 heteroatoms. The van der Waals surface area contributed by atoms with Crippen LogP contribution in [-0.2, 0) is 14.3 Å². The highest BCUT2D eigenvalue weighted by atomic mass is 16.5. The Morgan fingerprint density at radius 1 is 1.05 bits per heavy atom. The summed E-state index contributed by atoms with van der Waals surface area (Å²) < 4.78 is 11.6. The quantitative estimate of drug-likeness (QED) is 0.572. The standard InChI is InChI=1S/C19H24O3/c20-19(22-17-11-6-7-12-17)15-8-2-1-3-13-18(14-15)21-16-9-4-5-10-16/h2-3,13-14,16-17H,4-12H2/b15-14+,18-13+. The second-order valence-corrected chi connectivity index (χ2v) is 6.32. The molecule has 118 valence electrons. The van der Waals surface area contributed by atoms with E-state index >= 15 is 0 Å². The lowest BCUT2D eigenvalue weighted by Crippen LogP contribution is -2.17. The van der Waals surface area contributed by atoms with Crippen LogP contribution in [0.3, 0.4) is 0 Å². The summed E-state index contributed by atoms with van der Waals surface area (Å²) in [6, 6.07) is 0. The van der Waals surface area contributed by atoms with Crippen LogP contribution in [0, 0.1) is 0 Å². The summed E-state index contributed by atoms with van der Waals surface area (Å²) in [7, 11) is 0. The lowest BCUT2D eigenvalue weighted by molar-refractivity contribution is -0.144. The first kappa shape index (κ1) is 15.2. The van der Waals surface area contributed by atoms with Gasteiger partial charge in [-0.2, -0.15) is 0 Å². The van der Waals surface area contributed by atoms with Gasteiger partial charge < -0.3 is 9.47 Å². The predicted octanol–water partition coefficient (Wildman–Crippen LogP) is 4.36. The Balaban J connectivity index is 1.67. The van der Waals surface area contributed by atoms with E-state index in [2.05, 4.69) is 5.73 Å². The maximum absolute atomic E-state index is 12.4. The molecule has 0 spiro atoms. The second-order valence-electron chi connectivity index (χ2n) is 6.32. The summed E-state index contributed by atoms with van der Waals surface area (Å²) in [4.78, 5) is 12.4. The summed E-state index contributed by atoms with van der Waals surface area (Å²) in [5.74, 6) is 0.554. The van der Waals surface area contributed by atoms with Crippen LogP contribution >= 0.6 is 0 Å². The van der Waals surface area contributed by atoms with Crippen LogP contribution in [0.1, 0.15) is 57.8 Å². The topological polar surface area (TPSA) is 35.5 Å². The molecule has 0 aromatic heterocycles. The van der Waals surface area contributed by atoms with Crippen molar-refractivity contribution in [1.82, 2.24) is 0 Å². The van der Waals surface area contributed by atoms with Crippen molar-refractivity contribution >= 4 is 5.97 Å². The first-order chi connectivity index (χ1) is 10.8. The monoisotopic (exact) mass is 300 g/mol. The predicted molar refractivity (Wildman–Crippen MR) is 85.1 cm³/mol. The Labute approximate surface area is 132 Å². The van der Waals surface area contributed by atoms with Gasteiger partial charge in [-0.1, -0.05) is 0 Å². The Morgan fingerprint density at radius 2 is 1.73 bits per heavy atom. The first-order valence-corrected chi connectivity index (χ1v) is 8.51. The van der Waals surface area contributed by atoms with Gasteiger partial charge in [-0.25, -0.2) is 4.79 Å². The zero-order valence-corrected chi connectivity index (χ0v) is 13.1. The van der Waals surface area contributed by atoms with Crippen LogP contribution in [-0.4, -0.2) is 18.2 Å². The van der Waals surface area contributed by atoms with Gasteiger partial charge in [0.2, 0.25) is 0 Å². The molecular weight excluding hydrogens is 276 g/mol. The number of hydrogen-bond donors (Lipinski definition) is 0. The molecule has 0 saturated heterocycles. The molecule has 0 aliphatic heterocycles. The van der Waals surface area contributed by atoms with Gasteiger partial charge in [0, 0.05) is 12.0 Å². The molecular formula is C19H24O3. The van der Waals surface area contributed by atoms with Gasteiger partial charge in [0.1, 0.15) is 11.9 Å². The van der Waals surface area contributed by atoms with Crippen LogP contribution < -0.4 is 0 Å². The van der Waals surface area contributed by atoms with Gasteiger partial charge in [-0.15, -0.1) is 5.73 Å². The van der Waals surface area contributed by atoms with E-state index in [0.717, 1.165) is 44.3 Å².